The fraction of sp³-hybridized carbons (Fsp3) is 0.263. The minimum absolute atomic E-state index is 0.0680. The lowest BCUT2D eigenvalue weighted by molar-refractivity contribution is -0.130. The fourth-order valence-electron chi connectivity index (χ4n) is 2.66. The molecule has 4 nitrogen and oxygen atoms in total. The lowest BCUT2D eigenvalue weighted by Gasteiger charge is -2.12. The molecule has 1 amide bonds. The van der Waals surface area contributed by atoms with Crippen LogP contribution in [0.4, 0.5) is 10.1 Å². The summed E-state index contributed by atoms with van der Waals surface area (Å²) in [7, 11) is 4.00. The van der Waals surface area contributed by atoms with Gasteiger partial charge >= 0.3 is 0 Å². The number of amides is 1. The molecule has 0 bridgehead atoms. The molecule has 0 radical (unpaired) electrons. The molecule has 0 atom stereocenters. The molecule has 1 aliphatic heterocycles. The molecule has 2 aromatic carbocycles. The Morgan fingerprint density at radius 3 is 2.42 bits per heavy atom. The number of hydrogen-bond donors (Lipinski definition) is 0. The number of carbonyl (C=O) groups excluding carboxylic acids is 1. The molecule has 5 heteroatoms. The Kier molecular flexibility index (Phi) is 4.60. The first-order valence-electron chi connectivity index (χ1n) is 7.93. The number of halogens is 1. The van der Waals surface area contributed by atoms with E-state index in [9.17, 15) is 9.18 Å². The van der Waals surface area contributed by atoms with Gasteiger partial charge in [-0.15, -0.1) is 0 Å². The van der Waals surface area contributed by atoms with Crippen LogP contribution in [0.1, 0.15) is 17.5 Å². The van der Waals surface area contributed by atoms with Gasteiger partial charge in [-0.3, -0.25) is 4.79 Å². The number of nitrogens with zero attached hydrogens (tertiary/aromatic N) is 3. The van der Waals surface area contributed by atoms with E-state index in [0.29, 0.717) is 6.54 Å². The molecule has 0 aliphatic carbocycles. The molecule has 0 aromatic heterocycles. The van der Waals surface area contributed by atoms with Crippen LogP contribution in [0, 0.1) is 5.82 Å². The van der Waals surface area contributed by atoms with E-state index in [2.05, 4.69) is 5.10 Å². The Balaban J connectivity index is 1.68. The van der Waals surface area contributed by atoms with Crippen LogP contribution in [0.2, 0.25) is 0 Å². The highest BCUT2D eigenvalue weighted by Crippen LogP contribution is 2.18. The van der Waals surface area contributed by atoms with Crippen molar-refractivity contribution < 1.29 is 9.18 Å². The zero-order chi connectivity index (χ0) is 17.1. The maximum absolute atomic E-state index is 12.9. The van der Waals surface area contributed by atoms with Crippen LogP contribution >= 0.6 is 0 Å². The number of carbonyl (C=O) groups is 1. The summed E-state index contributed by atoms with van der Waals surface area (Å²) >= 11 is 0. The van der Waals surface area contributed by atoms with Gasteiger partial charge in [0.25, 0.3) is 0 Å². The van der Waals surface area contributed by atoms with E-state index < -0.39 is 0 Å². The molecule has 3 rings (SSSR count). The van der Waals surface area contributed by atoms with Crippen LogP contribution in [-0.4, -0.2) is 37.3 Å². The molecule has 0 unspecified atom stereocenters. The summed E-state index contributed by atoms with van der Waals surface area (Å²) < 4.78 is 12.9. The summed E-state index contributed by atoms with van der Waals surface area (Å²) in [5.41, 5.74) is 3.88. The minimum atomic E-state index is -0.297. The van der Waals surface area contributed by atoms with E-state index >= 15 is 0 Å². The van der Waals surface area contributed by atoms with Gasteiger partial charge in [-0.2, -0.15) is 5.10 Å². The third-order valence-corrected chi connectivity index (χ3v) is 4.08. The first kappa shape index (κ1) is 16.2. The summed E-state index contributed by atoms with van der Waals surface area (Å²) in [6.07, 6.45) is 0.979. The highest BCUT2D eigenvalue weighted by molar-refractivity contribution is 6.02. The van der Waals surface area contributed by atoms with Gasteiger partial charge in [-0.1, -0.05) is 24.3 Å². The molecule has 0 N–H and O–H groups in total. The van der Waals surface area contributed by atoms with Gasteiger partial charge in [-0.05, 0) is 35.4 Å². The topological polar surface area (TPSA) is 35.9 Å². The molecular formula is C19H20FN3O. The number of hydrazone groups is 1. The van der Waals surface area contributed by atoms with E-state index in [-0.39, 0.29) is 18.1 Å². The third kappa shape index (κ3) is 3.62. The molecule has 24 heavy (non-hydrogen) atoms. The largest absolute Gasteiger partial charge is 0.378 e. The van der Waals surface area contributed by atoms with Gasteiger partial charge in [-0.25, -0.2) is 9.40 Å². The van der Waals surface area contributed by atoms with Gasteiger partial charge in [0.05, 0.1) is 18.7 Å². The fourth-order valence-corrected chi connectivity index (χ4v) is 2.66. The zero-order valence-electron chi connectivity index (χ0n) is 13.9. The van der Waals surface area contributed by atoms with Gasteiger partial charge in [0, 0.05) is 26.2 Å². The van der Waals surface area contributed by atoms with Gasteiger partial charge in [0.15, 0.2) is 0 Å². The SMILES string of the molecule is CN(C)c1ccc(C2=NN(C(=O)Cc3ccc(F)cc3)CC2)cc1. The van der Waals surface area contributed by atoms with E-state index in [4.69, 9.17) is 0 Å². The standard InChI is InChI=1S/C19H20FN3O/c1-22(2)17-9-5-15(6-10-17)18-11-12-23(21-18)19(24)13-14-3-7-16(20)8-4-14/h3-10H,11-13H2,1-2H3. The highest BCUT2D eigenvalue weighted by atomic mass is 19.1. The first-order valence-corrected chi connectivity index (χ1v) is 7.93. The average molecular weight is 325 g/mol. The van der Waals surface area contributed by atoms with Crippen molar-refractivity contribution in [3.05, 3.63) is 65.5 Å². The predicted molar refractivity (Wildman–Crippen MR) is 93.7 cm³/mol. The number of rotatable bonds is 4. The summed E-state index contributed by atoms with van der Waals surface area (Å²) in [5.74, 6) is -0.365. The number of benzene rings is 2. The quantitative estimate of drug-likeness (QED) is 0.866. The van der Waals surface area contributed by atoms with Crippen molar-refractivity contribution in [3.8, 4) is 0 Å². The minimum Gasteiger partial charge on any atom is -0.378 e. The summed E-state index contributed by atoms with van der Waals surface area (Å²) in [6, 6.07) is 14.1. The summed E-state index contributed by atoms with van der Waals surface area (Å²) in [5, 5.41) is 5.97. The maximum atomic E-state index is 12.9. The molecule has 0 saturated carbocycles. The average Bonchev–Trinajstić information content (AvgIpc) is 3.07. The Hall–Kier alpha value is -2.69. The maximum Gasteiger partial charge on any atom is 0.247 e. The van der Waals surface area contributed by atoms with E-state index in [1.54, 1.807) is 12.1 Å². The smallest absolute Gasteiger partial charge is 0.247 e. The van der Waals surface area contributed by atoms with Crippen LogP contribution in [0.15, 0.2) is 53.6 Å². The molecular weight excluding hydrogens is 305 g/mol. The van der Waals surface area contributed by atoms with Crippen molar-refractivity contribution in [1.82, 2.24) is 5.01 Å². The highest BCUT2D eigenvalue weighted by Gasteiger charge is 2.21. The Labute approximate surface area is 141 Å². The van der Waals surface area contributed by atoms with E-state index in [1.807, 2.05) is 43.3 Å². The Bertz CT molecular complexity index is 751. The van der Waals surface area contributed by atoms with Crippen molar-refractivity contribution in [2.24, 2.45) is 5.10 Å². The second-order valence-corrected chi connectivity index (χ2v) is 6.06. The van der Waals surface area contributed by atoms with Gasteiger partial charge < -0.3 is 4.90 Å². The molecule has 1 aliphatic rings. The molecule has 0 saturated heterocycles. The van der Waals surface area contributed by atoms with Crippen LogP contribution in [0.5, 0.6) is 0 Å². The second-order valence-electron chi connectivity index (χ2n) is 6.06. The van der Waals surface area contributed by atoms with Crippen molar-refractivity contribution in [1.29, 1.82) is 0 Å². The molecule has 0 fully saturated rings. The number of hydrogen-bond acceptors (Lipinski definition) is 3. The lowest BCUT2D eigenvalue weighted by Crippen LogP contribution is -2.25. The summed E-state index contributed by atoms with van der Waals surface area (Å²) in [4.78, 5) is 14.4. The molecule has 124 valence electrons. The van der Waals surface area contributed by atoms with E-state index in [1.165, 1.54) is 17.1 Å². The molecule has 1 heterocycles. The Morgan fingerprint density at radius 1 is 1.12 bits per heavy atom. The summed E-state index contributed by atoms with van der Waals surface area (Å²) in [6.45, 7) is 0.588. The van der Waals surface area contributed by atoms with E-state index in [0.717, 1.165) is 28.9 Å². The van der Waals surface area contributed by atoms with Gasteiger partial charge in [0.1, 0.15) is 5.82 Å². The van der Waals surface area contributed by atoms with Crippen LogP contribution in [-0.2, 0) is 11.2 Å². The normalized spacial score (nSPS) is 13.8. The van der Waals surface area contributed by atoms with Crippen LogP contribution in [0.3, 0.4) is 0 Å². The van der Waals surface area contributed by atoms with Gasteiger partial charge in [0.2, 0.25) is 5.91 Å². The number of anilines is 1. The zero-order valence-corrected chi connectivity index (χ0v) is 13.9. The van der Waals surface area contributed by atoms with Crippen LogP contribution < -0.4 is 4.90 Å². The monoisotopic (exact) mass is 325 g/mol. The van der Waals surface area contributed by atoms with Crippen molar-refractivity contribution in [3.63, 3.8) is 0 Å². The van der Waals surface area contributed by atoms with Crippen molar-refractivity contribution >= 4 is 17.3 Å². The Morgan fingerprint density at radius 2 is 1.79 bits per heavy atom. The predicted octanol–water partition coefficient (Wildman–Crippen LogP) is 3.07. The third-order valence-electron chi connectivity index (χ3n) is 4.08. The van der Waals surface area contributed by atoms with Crippen molar-refractivity contribution in [2.75, 3.05) is 25.5 Å². The lowest BCUT2D eigenvalue weighted by atomic mass is 10.1. The van der Waals surface area contributed by atoms with Crippen LogP contribution in [0.25, 0.3) is 0 Å². The molecule has 0 spiro atoms. The van der Waals surface area contributed by atoms with Crippen molar-refractivity contribution in [2.45, 2.75) is 12.8 Å². The first-order chi connectivity index (χ1) is 11.5. The molecule has 2 aromatic rings. The second kappa shape index (κ2) is 6.83.